The van der Waals surface area contributed by atoms with Crippen LogP contribution in [0.1, 0.15) is 86.1 Å². The molecule has 1 amide bonds. The monoisotopic (exact) mass is 624 g/mol. The molecular formula is C38H48N4O2S. The normalized spacial score (nSPS) is 13.9. The van der Waals surface area contributed by atoms with Gasteiger partial charge in [-0.05, 0) is 60.3 Å². The van der Waals surface area contributed by atoms with E-state index >= 15 is 0 Å². The lowest BCUT2D eigenvalue weighted by Gasteiger charge is -2.30. The van der Waals surface area contributed by atoms with Gasteiger partial charge < -0.3 is 10.2 Å². The third-order valence-corrected chi connectivity index (χ3v) is 9.78. The second-order valence-corrected chi connectivity index (χ2v) is 14.8. The third kappa shape index (κ3) is 6.70. The standard InChI is InChI=1S/C38H48N4O2S/c1-9-26-12-11-13-27(10-2)34(26)42-32(22-24(3)4)30(36(43)41-20-18-39-19-21-41)23-31(37(42)44)35-40-33(25(5)45-35)28-14-16-29(17-15-28)38(6,7)8/h11-17,23-24,39H,9-10,18-22H2,1-8H3. The lowest BCUT2D eigenvalue weighted by atomic mass is 9.86. The molecule has 0 unspecified atom stereocenters. The van der Waals surface area contributed by atoms with Crippen LogP contribution in [0.15, 0.2) is 53.3 Å². The molecule has 2 aromatic heterocycles. The number of aromatic nitrogens is 2. The lowest BCUT2D eigenvalue weighted by Crippen LogP contribution is -2.47. The van der Waals surface area contributed by atoms with Crippen molar-refractivity contribution in [3.05, 3.63) is 91.7 Å². The molecule has 0 spiro atoms. The molecule has 1 N–H and O–H groups in total. The maximum atomic E-state index is 14.9. The van der Waals surface area contributed by atoms with E-state index in [9.17, 15) is 9.59 Å². The summed E-state index contributed by atoms with van der Waals surface area (Å²) in [4.78, 5) is 37.3. The van der Waals surface area contributed by atoms with Gasteiger partial charge in [-0.25, -0.2) is 4.98 Å². The van der Waals surface area contributed by atoms with Gasteiger partial charge in [0.05, 0.1) is 22.5 Å². The van der Waals surface area contributed by atoms with Crippen LogP contribution in [0.4, 0.5) is 0 Å². The van der Waals surface area contributed by atoms with Crippen molar-refractivity contribution in [3.63, 3.8) is 0 Å². The molecule has 238 valence electrons. The molecule has 2 aromatic carbocycles. The fourth-order valence-corrected chi connectivity index (χ4v) is 7.21. The molecular weight excluding hydrogens is 577 g/mol. The number of nitrogens with zero attached hydrogens (tertiary/aromatic N) is 3. The van der Waals surface area contributed by atoms with Crippen molar-refractivity contribution < 1.29 is 4.79 Å². The number of hydrogen-bond donors (Lipinski definition) is 1. The van der Waals surface area contributed by atoms with Crippen LogP contribution in [0.25, 0.3) is 27.5 Å². The summed E-state index contributed by atoms with van der Waals surface area (Å²) in [6.07, 6.45) is 2.19. The number of nitrogens with one attached hydrogen (secondary N) is 1. The zero-order valence-corrected chi connectivity index (χ0v) is 29.0. The first-order valence-electron chi connectivity index (χ1n) is 16.4. The summed E-state index contributed by atoms with van der Waals surface area (Å²) in [6, 6.07) is 16.7. The number of para-hydroxylation sites is 1. The maximum Gasteiger partial charge on any atom is 0.265 e. The zero-order valence-electron chi connectivity index (χ0n) is 28.2. The lowest BCUT2D eigenvalue weighted by molar-refractivity contribution is 0.0733. The van der Waals surface area contributed by atoms with Crippen LogP contribution < -0.4 is 10.9 Å². The fraction of sp³-hybridized carbons (Fsp3) is 0.447. The Kier molecular flexibility index (Phi) is 9.80. The highest BCUT2D eigenvalue weighted by atomic mass is 32.1. The Hall–Kier alpha value is -3.55. The van der Waals surface area contributed by atoms with E-state index < -0.39 is 0 Å². The SMILES string of the molecule is CCc1cccc(CC)c1-n1c(CC(C)C)c(C(=O)N2CCNCC2)cc(-c2nc(-c3ccc(C(C)(C)C)cc3)c(C)s2)c1=O. The highest BCUT2D eigenvalue weighted by Crippen LogP contribution is 2.35. The number of piperazine rings is 1. The topological polar surface area (TPSA) is 67.2 Å². The highest BCUT2D eigenvalue weighted by Gasteiger charge is 2.29. The minimum Gasteiger partial charge on any atom is -0.336 e. The molecule has 0 aliphatic carbocycles. The Bertz CT molecular complexity index is 1710. The summed E-state index contributed by atoms with van der Waals surface area (Å²) in [5.74, 6) is 0.236. The molecule has 0 saturated carbocycles. The van der Waals surface area contributed by atoms with Gasteiger partial charge in [-0.15, -0.1) is 11.3 Å². The van der Waals surface area contributed by atoms with Crippen molar-refractivity contribution >= 4 is 17.2 Å². The van der Waals surface area contributed by atoms with Crippen molar-refractivity contribution in [2.24, 2.45) is 5.92 Å². The third-order valence-electron chi connectivity index (χ3n) is 8.78. The summed E-state index contributed by atoms with van der Waals surface area (Å²) in [5, 5.41) is 4.01. The van der Waals surface area contributed by atoms with Gasteiger partial charge in [0, 0.05) is 42.3 Å². The maximum absolute atomic E-state index is 14.9. The molecule has 45 heavy (non-hydrogen) atoms. The number of thiazole rings is 1. The summed E-state index contributed by atoms with van der Waals surface area (Å²) in [7, 11) is 0. The first kappa shape index (κ1) is 32.8. The van der Waals surface area contributed by atoms with Crippen LogP contribution in [0.3, 0.4) is 0 Å². The van der Waals surface area contributed by atoms with E-state index in [0.717, 1.165) is 64.6 Å². The number of aryl methyl sites for hydroxylation is 3. The number of amides is 1. The summed E-state index contributed by atoms with van der Waals surface area (Å²) >= 11 is 1.53. The first-order valence-corrected chi connectivity index (χ1v) is 17.2. The van der Waals surface area contributed by atoms with E-state index in [0.29, 0.717) is 35.6 Å². The van der Waals surface area contributed by atoms with E-state index in [1.807, 2.05) is 15.5 Å². The van der Waals surface area contributed by atoms with Crippen LogP contribution in [-0.2, 0) is 24.7 Å². The van der Waals surface area contributed by atoms with Crippen molar-refractivity contribution in [1.29, 1.82) is 0 Å². The van der Waals surface area contributed by atoms with Gasteiger partial charge >= 0.3 is 0 Å². The second-order valence-electron chi connectivity index (χ2n) is 13.6. The Morgan fingerprint density at radius 3 is 2.18 bits per heavy atom. The van der Waals surface area contributed by atoms with Gasteiger partial charge in [0.2, 0.25) is 0 Å². The van der Waals surface area contributed by atoms with Crippen LogP contribution >= 0.6 is 11.3 Å². The molecule has 1 aliphatic heterocycles. The Morgan fingerprint density at radius 1 is 1.00 bits per heavy atom. The van der Waals surface area contributed by atoms with Gasteiger partial charge in [0.1, 0.15) is 5.01 Å². The summed E-state index contributed by atoms with van der Waals surface area (Å²) in [5.41, 5.74) is 8.15. The van der Waals surface area contributed by atoms with Gasteiger partial charge in [-0.3, -0.25) is 14.2 Å². The molecule has 1 fully saturated rings. The number of benzene rings is 2. The molecule has 1 aliphatic rings. The second kappa shape index (κ2) is 13.4. The molecule has 6 nitrogen and oxygen atoms in total. The Balaban J connectivity index is 1.78. The quantitative estimate of drug-likeness (QED) is 0.219. The number of carbonyl (C=O) groups excluding carboxylic acids is 1. The average molecular weight is 625 g/mol. The van der Waals surface area contributed by atoms with E-state index in [4.69, 9.17) is 4.98 Å². The van der Waals surface area contributed by atoms with Gasteiger partial charge in [-0.1, -0.05) is 90.9 Å². The predicted octanol–water partition coefficient (Wildman–Crippen LogP) is 7.60. The van der Waals surface area contributed by atoms with Gasteiger partial charge in [-0.2, -0.15) is 0 Å². The number of hydrogen-bond acceptors (Lipinski definition) is 5. The fourth-order valence-electron chi connectivity index (χ4n) is 6.26. The van der Waals surface area contributed by atoms with Crippen molar-refractivity contribution in [2.45, 2.75) is 80.1 Å². The smallest absolute Gasteiger partial charge is 0.265 e. The highest BCUT2D eigenvalue weighted by molar-refractivity contribution is 7.15. The van der Waals surface area contributed by atoms with Crippen molar-refractivity contribution in [1.82, 2.24) is 19.8 Å². The average Bonchev–Trinajstić information content (AvgIpc) is 3.41. The minimum atomic E-state index is -0.110. The molecule has 7 heteroatoms. The van der Waals surface area contributed by atoms with E-state index in [1.165, 1.54) is 16.9 Å². The molecule has 5 rings (SSSR count). The largest absolute Gasteiger partial charge is 0.336 e. The molecule has 0 radical (unpaired) electrons. The molecule has 1 saturated heterocycles. The first-order chi connectivity index (χ1) is 21.4. The van der Waals surface area contributed by atoms with Crippen molar-refractivity contribution in [3.8, 4) is 27.5 Å². The molecule has 4 aromatic rings. The molecule has 0 bridgehead atoms. The van der Waals surface area contributed by atoms with E-state index in [1.54, 1.807) is 0 Å². The van der Waals surface area contributed by atoms with Crippen LogP contribution in [0.2, 0.25) is 0 Å². The molecule has 0 atom stereocenters. The van der Waals surface area contributed by atoms with Gasteiger partial charge in [0.25, 0.3) is 11.5 Å². The number of pyridine rings is 1. The van der Waals surface area contributed by atoms with E-state index in [2.05, 4.69) is 103 Å². The van der Waals surface area contributed by atoms with Crippen LogP contribution in [-0.4, -0.2) is 46.5 Å². The molecule has 3 heterocycles. The van der Waals surface area contributed by atoms with Crippen molar-refractivity contribution in [2.75, 3.05) is 26.2 Å². The summed E-state index contributed by atoms with van der Waals surface area (Å²) < 4.78 is 1.89. The van der Waals surface area contributed by atoms with E-state index in [-0.39, 0.29) is 22.8 Å². The van der Waals surface area contributed by atoms with Crippen LogP contribution in [0, 0.1) is 12.8 Å². The Morgan fingerprint density at radius 2 is 1.62 bits per heavy atom. The summed E-state index contributed by atoms with van der Waals surface area (Å²) in [6.45, 7) is 20.1. The predicted molar refractivity (Wildman–Crippen MR) is 188 cm³/mol. The zero-order chi connectivity index (χ0) is 32.5. The number of carbonyl (C=O) groups is 1. The number of rotatable bonds is 8. The van der Waals surface area contributed by atoms with Gasteiger partial charge in [0.15, 0.2) is 0 Å². The van der Waals surface area contributed by atoms with Crippen LogP contribution in [0.5, 0.6) is 0 Å². The Labute approximate surface area is 272 Å². The minimum absolute atomic E-state index is 0.0135.